The Morgan fingerprint density at radius 2 is 1.86 bits per heavy atom. The van der Waals surface area contributed by atoms with E-state index in [-0.39, 0.29) is 11.9 Å². The predicted molar refractivity (Wildman–Crippen MR) is 133 cm³/mol. The first-order chi connectivity index (χ1) is 17.5. The van der Waals surface area contributed by atoms with Crippen LogP contribution in [-0.4, -0.2) is 52.7 Å². The van der Waals surface area contributed by atoms with Crippen molar-refractivity contribution in [2.75, 3.05) is 26.0 Å². The number of carbonyl (C=O) groups is 2. The molecule has 10 nitrogen and oxygen atoms in total. The molecule has 0 aliphatic rings. The maximum absolute atomic E-state index is 12.5. The molecule has 4 aromatic rings. The quantitative estimate of drug-likeness (QED) is 0.369. The maximum Gasteiger partial charge on any atom is 0.321 e. The van der Waals surface area contributed by atoms with Gasteiger partial charge in [0.15, 0.2) is 5.82 Å². The van der Waals surface area contributed by atoms with E-state index in [0.717, 1.165) is 5.56 Å². The van der Waals surface area contributed by atoms with E-state index in [4.69, 9.17) is 9.26 Å². The van der Waals surface area contributed by atoms with Crippen molar-refractivity contribution < 1.29 is 18.8 Å². The van der Waals surface area contributed by atoms with Gasteiger partial charge in [-0.2, -0.15) is 4.98 Å². The van der Waals surface area contributed by atoms with Crippen molar-refractivity contribution in [3.05, 3.63) is 90.0 Å². The SMILES string of the molecule is COc1ccccc1NC(=O)N(C)CCc1noc(-c2ccc(C(=O)NCc3cccnc3)cc2)n1. The largest absolute Gasteiger partial charge is 0.495 e. The van der Waals surface area contributed by atoms with Crippen LogP contribution in [-0.2, 0) is 13.0 Å². The van der Waals surface area contributed by atoms with E-state index in [9.17, 15) is 9.59 Å². The Labute approximate surface area is 208 Å². The van der Waals surface area contributed by atoms with Crippen LogP contribution in [0.15, 0.2) is 77.6 Å². The number of para-hydroxylation sites is 2. The van der Waals surface area contributed by atoms with Crippen molar-refractivity contribution in [2.24, 2.45) is 0 Å². The molecule has 0 atom stereocenters. The predicted octanol–water partition coefficient (Wildman–Crippen LogP) is 3.78. The van der Waals surface area contributed by atoms with E-state index >= 15 is 0 Å². The molecular formula is C26H26N6O4. The number of benzene rings is 2. The molecule has 0 saturated heterocycles. The molecule has 0 aliphatic heterocycles. The highest BCUT2D eigenvalue weighted by Crippen LogP contribution is 2.23. The number of hydrogen-bond donors (Lipinski definition) is 2. The molecule has 0 spiro atoms. The summed E-state index contributed by atoms with van der Waals surface area (Å²) >= 11 is 0. The molecule has 3 amide bonds. The van der Waals surface area contributed by atoms with E-state index in [0.29, 0.717) is 53.8 Å². The Hall–Kier alpha value is -4.73. The zero-order valence-corrected chi connectivity index (χ0v) is 20.0. The molecule has 2 aromatic carbocycles. The number of hydrogen-bond acceptors (Lipinski definition) is 7. The Morgan fingerprint density at radius 1 is 1.06 bits per heavy atom. The minimum Gasteiger partial charge on any atom is -0.495 e. The van der Waals surface area contributed by atoms with E-state index in [1.165, 1.54) is 4.90 Å². The zero-order chi connectivity index (χ0) is 25.3. The summed E-state index contributed by atoms with van der Waals surface area (Å²) in [5, 5.41) is 9.69. The fourth-order valence-electron chi connectivity index (χ4n) is 3.35. The van der Waals surface area contributed by atoms with Crippen LogP contribution in [0.2, 0.25) is 0 Å². The number of urea groups is 1. The van der Waals surface area contributed by atoms with Gasteiger partial charge < -0.3 is 24.8 Å². The molecule has 10 heteroatoms. The zero-order valence-electron chi connectivity index (χ0n) is 20.0. The van der Waals surface area contributed by atoms with Gasteiger partial charge in [-0.3, -0.25) is 9.78 Å². The second-order valence-corrected chi connectivity index (χ2v) is 7.94. The number of amides is 3. The molecule has 4 rings (SSSR count). The van der Waals surface area contributed by atoms with Crippen LogP contribution in [0.4, 0.5) is 10.5 Å². The number of carbonyl (C=O) groups excluding carboxylic acids is 2. The van der Waals surface area contributed by atoms with Gasteiger partial charge in [-0.05, 0) is 48.0 Å². The monoisotopic (exact) mass is 486 g/mol. The molecule has 2 heterocycles. The summed E-state index contributed by atoms with van der Waals surface area (Å²) < 4.78 is 10.6. The third-order valence-electron chi connectivity index (χ3n) is 5.40. The van der Waals surface area contributed by atoms with E-state index in [1.54, 1.807) is 62.9 Å². The first kappa shape index (κ1) is 24.4. The number of ether oxygens (including phenoxy) is 1. The lowest BCUT2D eigenvalue weighted by molar-refractivity contribution is 0.0951. The summed E-state index contributed by atoms with van der Waals surface area (Å²) in [4.78, 5) is 34.9. The summed E-state index contributed by atoms with van der Waals surface area (Å²) in [7, 11) is 3.23. The summed E-state index contributed by atoms with van der Waals surface area (Å²) in [6.45, 7) is 0.781. The highest BCUT2D eigenvalue weighted by Gasteiger charge is 2.15. The van der Waals surface area contributed by atoms with Crippen LogP contribution >= 0.6 is 0 Å². The van der Waals surface area contributed by atoms with Crippen molar-refractivity contribution in [3.8, 4) is 17.2 Å². The van der Waals surface area contributed by atoms with Crippen LogP contribution in [0.3, 0.4) is 0 Å². The molecule has 0 bridgehead atoms. The number of anilines is 1. The molecule has 36 heavy (non-hydrogen) atoms. The summed E-state index contributed by atoms with van der Waals surface area (Å²) in [5.74, 6) is 1.21. The lowest BCUT2D eigenvalue weighted by Gasteiger charge is -2.18. The second kappa shape index (κ2) is 11.6. The molecule has 0 radical (unpaired) electrons. The van der Waals surface area contributed by atoms with Gasteiger partial charge in [-0.1, -0.05) is 23.4 Å². The second-order valence-electron chi connectivity index (χ2n) is 7.94. The minimum absolute atomic E-state index is 0.189. The summed E-state index contributed by atoms with van der Waals surface area (Å²) in [5.41, 5.74) is 2.72. The molecule has 0 fully saturated rings. The van der Waals surface area contributed by atoms with Crippen LogP contribution in [0.25, 0.3) is 11.5 Å². The number of methoxy groups -OCH3 is 1. The molecule has 2 N–H and O–H groups in total. The lowest BCUT2D eigenvalue weighted by Crippen LogP contribution is -2.33. The lowest BCUT2D eigenvalue weighted by atomic mass is 10.1. The maximum atomic E-state index is 12.5. The number of aromatic nitrogens is 3. The van der Waals surface area contributed by atoms with E-state index in [1.807, 2.05) is 24.3 Å². The molecule has 2 aromatic heterocycles. The average Bonchev–Trinajstić information content (AvgIpc) is 3.40. The number of rotatable bonds is 9. The highest BCUT2D eigenvalue weighted by atomic mass is 16.5. The van der Waals surface area contributed by atoms with Crippen molar-refractivity contribution in [3.63, 3.8) is 0 Å². The first-order valence-electron chi connectivity index (χ1n) is 11.3. The third kappa shape index (κ3) is 6.23. The van der Waals surface area contributed by atoms with Gasteiger partial charge in [-0.25, -0.2) is 4.79 Å². The Kier molecular flexibility index (Phi) is 7.87. The number of nitrogens with zero attached hydrogens (tertiary/aromatic N) is 4. The van der Waals surface area contributed by atoms with E-state index in [2.05, 4.69) is 25.8 Å². The van der Waals surface area contributed by atoms with E-state index < -0.39 is 0 Å². The van der Waals surface area contributed by atoms with Gasteiger partial charge in [0.25, 0.3) is 11.8 Å². The number of likely N-dealkylation sites (N-methyl/N-ethyl adjacent to an activating group) is 1. The van der Waals surface area contributed by atoms with Crippen molar-refractivity contribution >= 4 is 17.6 Å². The molecule has 0 saturated carbocycles. The topological polar surface area (TPSA) is 122 Å². The summed E-state index contributed by atoms with van der Waals surface area (Å²) in [6.07, 6.45) is 3.81. The highest BCUT2D eigenvalue weighted by molar-refractivity contribution is 5.94. The van der Waals surface area contributed by atoms with Crippen LogP contribution < -0.4 is 15.4 Å². The first-order valence-corrected chi connectivity index (χ1v) is 11.3. The minimum atomic E-state index is -0.277. The Morgan fingerprint density at radius 3 is 2.61 bits per heavy atom. The van der Waals surface area contributed by atoms with Crippen LogP contribution in [0.1, 0.15) is 21.7 Å². The third-order valence-corrected chi connectivity index (χ3v) is 5.40. The van der Waals surface area contributed by atoms with Gasteiger partial charge in [0.2, 0.25) is 0 Å². The van der Waals surface area contributed by atoms with Gasteiger partial charge in [0, 0.05) is 50.1 Å². The van der Waals surface area contributed by atoms with Gasteiger partial charge in [0.05, 0.1) is 12.8 Å². The Balaban J connectivity index is 1.29. The number of pyridine rings is 1. The smallest absolute Gasteiger partial charge is 0.321 e. The van der Waals surface area contributed by atoms with Crippen LogP contribution in [0, 0.1) is 0 Å². The average molecular weight is 487 g/mol. The number of nitrogens with one attached hydrogen (secondary N) is 2. The van der Waals surface area contributed by atoms with Crippen molar-refractivity contribution in [1.29, 1.82) is 0 Å². The Bertz CT molecular complexity index is 1310. The fraction of sp³-hybridized carbons (Fsp3) is 0.192. The molecule has 184 valence electrons. The fourth-order valence-corrected chi connectivity index (χ4v) is 3.35. The van der Waals surface area contributed by atoms with Crippen LogP contribution in [0.5, 0.6) is 5.75 Å². The molecular weight excluding hydrogens is 460 g/mol. The normalized spacial score (nSPS) is 10.5. The van der Waals surface area contributed by atoms with Gasteiger partial charge in [-0.15, -0.1) is 0 Å². The standard InChI is InChI=1S/C26H26N6O4/c1-32(26(34)29-21-7-3-4-8-22(21)35-2)15-13-23-30-25(36-31-23)20-11-9-19(10-12-20)24(33)28-17-18-6-5-14-27-16-18/h3-12,14,16H,13,15,17H2,1-2H3,(H,28,33)(H,29,34). The summed E-state index contributed by atoms with van der Waals surface area (Å²) in [6, 6.07) is 17.6. The van der Waals surface area contributed by atoms with Gasteiger partial charge >= 0.3 is 6.03 Å². The van der Waals surface area contributed by atoms with Crippen molar-refractivity contribution in [2.45, 2.75) is 13.0 Å². The van der Waals surface area contributed by atoms with Gasteiger partial charge in [0.1, 0.15) is 5.75 Å². The molecule has 0 unspecified atom stereocenters. The van der Waals surface area contributed by atoms with Crippen molar-refractivity contribution in [1.82, 2.24) is 25.3 Å². The molecule has 0 aliphatic carbocycles.